The lowest BCUT2D eigenvalue weighted by atomic mass is 9.88. The summed E-state index contributed by atoms with van der Waals surface area (Å²) in [5.41, 5.74) is 2.80. The van der Waals surface area contributed by atoms with Crippen LogP contribution >= 0.6 is 0 Å². The Balaban J connectivity index is 1.97. The summed E-state index contributed by atoms with van der Waals surface area (Å²) in [6, 6.07) is 8.92. The summed E-state index contributed by atoms with van der Waals surface area (Å²) < 4.78 is 5.57. The molecule has 1 fully saturated rings. The van der Waals surface area contributed by atoms with Gasteiger partial charge in [0.2, 0.25) is 5.91 Å². The van der Waals surface area contributed by atoms with Gasteiger partial charge in [0, 0.05) is 32.0 Å². The van der Waals surface area contributed by atoms with Crippen molar-refractivity contribution < 1.29 is 24.0 Å². The molecule has 38 heavy (non-hydrogen) atoms. The Hall–Kier alpha value is -2.45. The topological polar surface area (TPSA) is 97.0 Å². The third kappa shape index (κ3) is 12.4. The number of Topliss-reactive ketones (excluding diaryl/α,β-unsaturated/α-hetero) is 1. The Kier molecular flexibility index (Phi) is 14.4. The molecule has 0 unspecified atom stereocenters. The third-order valence-corrected chi connectivity index (χ3v) is 6.71. The highest BCUT2D eigenvalue weighted by Gasteiger charge is 2.38. The molecule has 2 N–H and O–H groups in total. The normalized spacial score (nSPS) is 16.6. The molecule has 0 spiro atoms. The van der Waals surface area contributed by atoms with Crippen molar-refractivity contribution in [2.24, 2.45) is 5.92 Å². The Labute approximate surface area is 229 Å². The summed E-state index contributed by atoms with van der Waals surface area (Å²) in [4.78, 5) is 46.3. The van der Waals surface area contributed by atoms with Crippen molar-refractivity contribution in [2.75, 3.05) is 19.6 Å². The molecule has 1 aromatic rings. The van der Waals surface area contributed by atoms with Crippen molar-refractivity contribution in [1.82, 2.24) is 15.7 Å². The van der Waals surface area contributed by atoms with E-state index in [-0.39, 0.29) is 24.7 Å². The largest absolute Gasteiger partial charge is 0.444 e. The molecule has 2 amide bonds. The quantitative estimate of drug-likeness (QED) is 0.214. The van der Waals surface area contributed by atoms with Crippen molar-refractivity contribution >= 4 is 17.8 Å². The molecule has 1 aliphatic heterocycles. The molecule has 0 saturated carbocycles. The first-order chi connectivity index (χ1) is 18.2. The number of piperazine rings is 1. The van der Waals surface area contributed by atoms with Gasteiger partial charge >= 0.3 is 6.09 Å². The number of amides is 2. The van der Waals surface area contributed by atoms with Crippen LogP contribution in [0.2, 0.25) is 0 Å². The molecule has 8 nitrogen and oxygen atoms in total. The predicted octanol–water partition coefficient (Wildman–Crippen LogP) is 5.55. The summed E-state index contributed by atoms with van der Waals surface area (Å²) in [5.74, 6) is -0.916. The zero-order chi connectivity index (χ0) is 27.8. The SMILES string of the molecule is CCCCCCCCCC[C@H](CC(=O)NOCc1ccccc1)C(=O)[C@@H]1CNCCN1C(=O)OC(C)(C)C. The van der Waals surface area contributed by atoms with Crippen LogP contribution in [-0.4, -0.2) is 54.0 Å². The van der Waals surface area contributed by atoms with Crippen molar-refractivity contribution in [3.05, 3.63) is 35.9 Å². The Morgan fingerprint density at radius 2 is 1.68 bits per heavy atom. The fourth-order valence-corrected chi connectivity index (χ4v) is 4.68. The summed E-state index contributed by atoms with van der Waals surface area (Å²) in [7, 11) is 0. The number of nitrogens with one attached hydrogen (secondary N) is 2. The highest BCUT2D eigenvalue weighted by Crippen LogP contribution is 2.22. The van der Waals surface area contributed by atoms with E-state index >= 15 is 0 Å². The van der Waals surface area contributed by atoms with E-state index in [2.05, 4.69) is 17.7 Å². The van der Waals surface area contributed by atoms with Gasteiger partial charge in [-0.05, 0) is 32.8 Å². The maximum absolute atomic E-state index is 13.7. The van der Waals surface area contributed by atoms with Gasteiger partial charge in [-0.15, -0.1) is 0 Å². The minimum Gasteiger partial charge on any atom is -0.444 e. The van der Waals surface area contributed by atoms with Gasteiger partial charge in [-0.25, -0.2) is 10.3 Å². The molecule has 8 heteroatoms. The number of carbonyl (C=O) groups is 3. The summed E-state index contributed by atoms with van der Waals surface area (Å²) >= 11 is 0. The van der Waals surface area contributed by atoms with Gasteiger partial charge in [-0.3, -0.25) is 19.3 Å². The van der Waals surface area contributed by atoms with Crippen molar-refractivity contribution in [3.8, 4) is 0 Å². The molecule has 1 saturated heterocycles. The standard InChI is InChI=1S/C30H49N3O5/c1-5-6-7-8-9-10-11-15-18-25(21-27(34)32-37-23-24-16-13-12-14-17-24)28(35)26-22-31-19-20-33(26)29(36)38-30(2,3)4/h12-14,16-17,25-26,31H,5-11,15,18-23H2,1-4H3,(H,32,34)/t25-,26+/m1/s1. The minimum atomic E-state index is -0.657. The average molecular weight is 532 g/mol. The maximum atomic E-state index is 13.7. The van der Waals surface area contributed by atoms with E-state index in [4.69, 9.17) is 9.57 Å². The summed E-state index contributed by atoms with van der Waals surface area (Å²) in [6.07, 6.45) is 9.41. The fourth-order valence-electron chi connectivity index (χ4n) is 4.68. The second-order valence-corrected chi connectivity index (χ2v) is 11.3. The van der Waals surface area contributed by atoms with Crippen LogP contribution in [0.4, 0.5) is 4.79 Å². The number of hydrogen-bond donors (Lipinski definition) is 2. The molecule has 0 aliphatic carbocycles. The van der Waals surface area contributed by atoms with Gasteiger partial charge in [-0.1, -0.05) is 88.6 Å². The Morgan fingerprint density at radius 1 is 1.03 bits per heavy atom. The number of carbonyl (C=O) groups excluding carboxylic acids is 3. The number of ether oxygens (including phenoxy) is 1. The van der Waals surface area contributed by atoms with Crippen LogP contribution < -0.4 is 10.8 Å². The van der Waals surface area contributed by atoms with Gasteiger partial charge < -0.3 is 10.1 Å². The maximum Gasteiger partial charge on any atom is 0.410 e. The molecule has 1 aliphatic rings. The number of rotatable bonds is 16. The van der Waals surface area contributed by atoms with Crippen LogP contribution in [-0.2, 0) is 25.8 Å². The highest BCUT2D eigenvalue weighted by molar-refractivity contribution is 5.92. The molecule has 1 heterocycles. The van der Waals surface area contributed by atoms with E-state index in [0.717, 1.165) is 24.8 Å². The van der Waals surface area contributed by atoms with Crippen molar-refractivity contribution in [1.29, 1.82) is 0 Å². The zero-order valence-corrected chi connectivity index (χ0v) is 23.9. The van der Waals surface area contributed by atoms with Crippen LogP contribution in [0, 0.1) is 5.92 Å². The van der Waals surface area contributed by atoms with Gasteiger partial charge in [0.15, 0.2) is 5.78 Å². The number of hydroxylamine groups is 1. The number of nitrogens with zero attached hydrogens (tertiary/aromatic N) is 1. The lowest BCUT2D eigenvalue weighted by Crippen LogP contribution is -2.59. The number of benzene rings is 1. The number of unbranched alkanes of at least 4 members (excludes halogenated alkanes) is 7. The molecule has 0 radical (unpaired) electrons. The Morgan fingerprint density at radius 3 is 2.34 bits per heavy atom. The van der Waals surface area contributed by atoms with E-state index in [9.17, 15) is 14.4 Å². The zero-order valence-electron chi connectivity index (χ0n) is 23.9. The molecule has 214 valence electrons. The molecular formula is C30H49N3O5. The van der Waals surface area contributed by atoms with Crippen LogP contribution in [0.3, 0.4) is 0 Å². The van der Waals surface area contributed by atoms with Gasteiger partial charge in [0.25, 0.3) is 0 Å². The van der Waals surface area contributed by atoms with Crippen LogP contribution in [0.15, 0.2) is 30.3 Å². The summed E-state index contributed by atoms with van der Waals surface area (Å²) in [5, 5.41) is 3.23. The fraction of sp³-hybridized carbons (Fsp3) is 0.700. The second-order valence-electron chi connectivity index (χ2n) is 11.3. The first-order valence-electron chi connectivity index (χ1n) is 14.4. The average Bonchev–Trinajstić information content (AvgIpc) is 2.88. The molecule has 2 atom stereocenters. The predicted molar refractivity (Wildman–Crippen MR) is 149 cm³/mol. The van der Waals surface area contributed by atoms with Crippen molar-refractivity contribution in [3.63, 3.8) is 0 Å². The monoisotopic (exact) mass is 531 g/mol. The lowest BCUT2D eigenvalue weighted by Gasteiger charge is -2.37. The summed E-state index contributed by atoms with van der Waals surface area (Å²) in [6.45, 7) is 9.26. The van der Waals surface area contributed by atoms with Gasteiger partial charge in [0.1, 0.15) is 11.6 Å². The first-order valence-corrected chi connectivity index (χ1v) is 14.4. The smallest absolute Gasteiger partial charge is 0.410 e. The minimum absolute atomic E-state index is 0.0305. The molecule has 0 bridgehead atoms. The van der Waals surface area contributed by atoms with E-state index in [1.807, 2.05) is 51.1 Å². The lowest BCUT2D eigenvalue weighted by molar-refractivity contribution is -0.139. The second kappa shape index (κ2) is 17.2. The third-order valence-electron chi connectivity index (χ3n) is 6.71. The number of hydrogen-bond acceptors (Lipinski definition) is 6. The van der Waals surface area contributed by atoms with Gasteiger partial charge in [-0.2, -0.15) is 0 Å². The van der Waals surface area contributed by atoms with E-state index in [1.165, 1.54) is 37.0 Å². The van der Waals surface area contributed by atoms with Crippen LogP contribution in [0.5, 0.6) is 0 Å². The molecule has 1 aromatic carbocycles. The van der Waals surface area contributed by atoms with Crippen LogP contribution in [0.1, 0.15) is 97.5 Å². The van der Waals surface area contributed by atoms with Crippen LogP contribution in [0.25, 0.3) is 0 Å². The number of ketones is 1. The van der Waals surface area contributed by atoms with E-state index in [1.54, 1.807) is 0 Å². The van der Waals surface area contributed by atoms with Crippen molar-refractivity contribution in [2.45, 2.75) is 110 Å². The Bertz CT molecular complexity index is 840. The molecule has 0 aromatic heterocycles. The van der Waals surface area contributed by atoms with E-state index < -0.39 is 23.7 Å². The van der Waals surface area contributed by atoms with Gasteiger partial charge in [0.05, 0.1) is 6.61 Å². The first kappa shape index (κ1) is 31.8. The van der Waals surface area contributed by atoms with E-state index in [0.29, 0.717) is 26.1 Å². The molecule has 2 rings (SSSR count). The molecular weight excluding hydrogens is 482 g/mol. The highest BCUT2D eigenvalue weighted by atomic mass is 16.6.